The number of aliphatic carboxylic acids is 1. The second kappa shape index (κ2) is 5.23. The minimum atomic E-state index is -0.789. The third-order valence-electron chi connectivity index (χ3n) is 1.32. The first-order valence-electron chi connectivity index (χ1n) is 3.62. The van der Waals surface area contributed by atoms with Gasteiger partial charge in [-0.05, 0) is 13.3 Å². The Balaban J connectivity index is 3.21. The molecule has 0 aromatic rings. The summed E-state index contributed by atoms with van der Waals surface area (Å²) in [5.41, 5.74) is 0. The molecule has 1 atom stereocenters. The first-order chi connectivity index (χ1) is 4.66. The van der Waals surface area contributed by atoms with Crippen molar-refractivity contribution >= 4 is 5.97 Å². The molecule has 0 saturated heterocycles. The third kappa shape index (κ3) is 5.56. The van der Waals surface area contributed by atoms with Gasteiger partial charge in [0.25, 0.3) is 0 Å². The van der Waals surface area contributed by atoms with Crippen molar-refractivity contribution in [2.45, 2.75) is 32.7 Å². The van der Waals surface area contributed by atoms with Crippen LogP contribution in [0.2, 0.25) is 0 Å². The molecule has 0 fully saturated rings. The van der Waals surface area contributed by atoms with E-state index in [9.17, 15) is 4.79 Å². The zero-order chi connectivity index (χ0) is 7.98. The molecular weight excluding hydrogens is 130 g/mol. The monoisotopic (exact) mass is 145 g/mol. The number of hydrogen-bond acceptors (Lipinski definition) is 2. The van der Waals surface area contributed by atoms with Gasteiger partial charge in [0.05, 0.1) is 6.54 Å². The normalized spacial score (nSPS) is 13.0. The van der Waals surface area contributed by atoms with E-state index in [-0.39, 0.29) is 6.54 Å². The minimum Gasteiger partial charge on any atom is -0.480 e. The van der Waals surface area contributed by atoms with Crippen LogP contribution in [-0.4, -0.2) is 23.7 Å². The number of carbonyl (C=O) groups is 1. The van der Waals surface area contributed by atoms with Crippen LogP contribution in [0.25, 0.3) is 0 Å². The van der Waals surface area contributed by atoms with Crippen LogP contribution in [0.3, 0.4) is 0 Å². The molecule has 0 rings (SSSR count). The zero-order valence-electron chi connectivity index (χ0n) is 6.55. The maximum Gasteiger partial charge on any atom is 0.317 e. The summed E-state index contributed by atoms with van der Waals surface area (Å²) in [7, 11) is 0. The van der Waals surface area contributed by atoms with Crippen LogP contribution in [0, 0.1) is 0 Å². The van der Waals surface area contributed by atoms with Gasteiger partial charge in [-0.3, -0.25) is 4.79 Å². The van der Waals surface area contributed by atoms with E-state index in [1.165, 1.54) is 0 Å². The molecule has 0 aliphatic rings. The van der Waals surface area contributed by atoms with Gasteiger partial charge >= 0.3 is 5.97 Å². The number of hydrogen-bond donors (Lipinski definition) is 2. The van der Waals surface area contributed by atoms with Gasteiger partial charge < -0.3 is 10.4 Å². The lowest BCUT2D eigenvalue weighted by Crippen LogP contribution is -2.30. The predicted molar refractivity (Wildman–Crippen MR) is 40.0 cm³/mol. The average Bonchev–Trinajstić information content (AvgIpc) is 1.85. The topological polar surface area (TPSA) is 49.3 Å². The van der Waals surface area contributed by atoms with Crippen molar-refractivity contribution in [1.29, 1.82) is 0 Å². The standard InChI is InChI=1S/C7H15NO2/c1-3-4-6(2)8-5-7(9)10/h6,8H,3-5H2,1-2H3,(H,9,10)/t6-/m1/s1. The lowest BCUT2D eigenvalue weighted by atomic mass is 10.2. The van der Waals surface area contributed by atoms with E-state index in [0.717, 1.165) is 12.8 Å². The van der Waals surface area contributed by atoms with E-state index >= 15 is 0 Å². The second-order valence-corrected chi connectivity index (χ2v) is 2.46. The quantitative estimate of drug-likeness (QED) is 0.603. The molecule has 0 aromatic carbocycles. The van der Waals surface area contributed by atoms with Crippen molar-refractivity contribution in [3.05, 3.63) is 0 Å². The van der Waals surface area contributed by atoms with Crippen LogP contribution >= 0.6 is 0 Å². The highest BCUT2D eigenvalue weighted by atomic mass is 16.4. The fourth-order valence-electron chi connectivity index (χ4n) is 0.797. The highest BCUT2D eigenvalue weighted by Gasteiger charge is 2.00. The van der Waals surface area contributed by atoms with Crippen molar-refractivity contribution in [2.24, 2.45) is 0 Å². The Hall–Kier alpha value is -0.570. The summed E-state index contributed by atoms with van der Waals surface area (Å²) in [4.78, 5) is 10.0. The van der Waals surface area contributed by atoms with Gasteiger partial charge in [0, 0.05) is 6.04 Å². The van der Waals surface area contributed by atoms with E-state index in [1.807, 2.05) is 6.92 Å². The van der Waals surface area contributed by atoms with Crippen molar-refractivity contribution in [3.8, 4) is 0 Å². The van der Waals surface area contributed by atoms with E-state index in [0.29, 0.717) is 6.04 Å². The summed E-state index contributed by atoms with van der Waals surface area (Å²) in [6, 6.07) is 0.320. The van der Waals surface area contributed by atoms with Crippen molar-refractivity contribution < 1.29 is 9.90 Å². The van der Waals surface area contributed by atoms with Crippen LogP contribution in [0.15, 0.2) is 0 Å². The molecule has 0 heterocycles. The second-order valence-electron chi connectivity index (χ2n) is 2.46. The van der Waals surface area contributed by atoms with Crippen molar-refractivity contribution in [1.82, 2.24) is 5.32 Å². The van der Waals surface area contributed by atoms with E-state index in [2.05, 4.69) is 12.2 Å². The fraction of sp³-hybridized carbons (Fsp3) is 0.857. The average molecular weight is 145 g/mol. The molecule has 3 heteroatoms. The fourth-order valence-corrected chi connectivity index (χ4v) is 0.797. The minimum absolute atomic E-state index is 0.0706. The van der Waals surface area contributed by atoms with E-state index < -0.39 is 5.97 Å². The SMILES string of the molecule is CCC[C@@H](C)NCC(=O)O. The number of nitrogens with one attached hydrogen (secondary N) is 1. The highest BCUT2D eigenvalue weighted by molar-refractivity contribution is 5.69. The molecule has 3 nitrogen and oxygen atoms in total. The van der Waals surface area contributed by atoms with Gasteiger partial charge in [0.15, 0.2) is 0 Å². The Morgan fingerprint density at radius 2 is 2.30 bits per heavy atom. The molecule has 10 heavy (non-hydrogen) atoms. The predicted octanol–water partition coefficient (Wildman–Crippen LogP) is 0.849. The summed E-state index contributed by atoms with van der Waals surface area (Å²) < 4.78 is 0. The number of carboxylic acids is 1. The molecule has 0 aliphatic carbocycles. The molecule has 0 saturated carbocycles. The van der Waals surface area contributed by atoms with Crippen LogP contribution in [0.5, 0.6) is 0 Å². The molecule has 2 N–H and O–H groups in total. The van der Waals surface area contributed by atoms with Gasteiger partial charge in [0.1, 0.15) is 0 Å². The molecule has 0 radical (unpaired) electrons. The third-order valence-corrected chi connectivity index (χ3v) is 1.32. The van der Waals surface area contributed by atoms with Gasteiger partial charge in [-0.1, -0.05) is 13.3 Å². The summed E-state index contributed by atoms with van der Waals surface area (Å²) in [6.45, 7) is 4.15. The molecular formula is C7H15NO2. The van der Waals surface area contributed by atoms with E-state index in [1.54, 1.807) is 0 Å². The summed E-state index contributed by atoms with van der Waals surface area (Å²) in [5, 5.41) is 11.2. The van der Waals surface area contributed by atoms with Gasteiger partial charge in [-0.25, -0.2) is 0 Å². The lowest BCUT2D eigenvalue weighted by molar-refractivity contribution is -0.136. The van der Waals surface area contributed by atoms with Gasteiger partial charge in [0.2, 0.25) is 0 Å². The number of carboxylic acid groups (broad SMARTS) is 1. The van der Waals surface area contributed by atoms with Gasteiger partial charge in [-0.2, -0.15) is 0 Å². The maximum atomic E-state index is 10.0. The molecule has 60 valence electrons. The maximum absolute atomic E-state index is 10.0. The van der Waals surface area contributed by atoms with E-state index in [4.69, 9.17) is 5.11 Å². The Kier molecular flexibility index (Phi) is 4.94. The smallest absolute Gasteiger partial charge is 0.317 e. The molecule has 0 aliphatic heterocycles. The molecule has 0 amide bonds. The first-order valence-corrected chi connectivity index (χ1v) is 3.62. The molecule has 0 aromatic heterocycles. The van der Waals surface area contributed by atoms with Crippen LogP contribution < -0.4 is 5.32 Å². The molecule has 0 unspecified atom stereocenters. The summed E-state index contributed by atoms with van der Waals surface area (Å²) >= 11 is 0. The first kappa shape index (κ1) is 9.43. The molecule has 0 spiro atoms. The van der Waals surface area contributed by atoms with Crippen molar-refractivity contribution in [3.63, 3.8) is 0 Å². The Labute approximate surface area is 61.4 Å². The van der Waals surface area contributed by atoms with Crippen molar-refractivity contribution in [2.75, 3.05) is 6.54 Å². The van der Waals surface area contributed by atoms with Gasteiger partial charge in [-0.15, -0.1) is 0 Å². The Morgan fingerprint density at radius 3 is 2.70 bits per heavy atom. The van der Waals surface area contributed by atoms with Crippen LogP contribution in [-0.2, 0) is 4.79 Å². The van der Waals surface area contributed by atoms with Crippen LogP contribution in [0.4, 0.5) is 0 Å². The Bertz CT molecular complexity index is 104. The summed E-state index contributed by atoms with van der Waals surface area (Å²) in [5.74, 6) is -0.789. The molecule has 0 bridgehead atoms. The summed E-state index contributed by atoms with van der Waals surface area (Å²) in [6.07, 6.45) is 2.13. The highest BCUT2D eigenvalue weighted by Crippen LogP contribution is 1.93. The largest absolute Gasteiger partial charge is 0.480 e. The Morgan fingerprint density at radius 1 is 1.70 bits per heavy atom. The lowest BCUT2D eigenvalue weighted by Gasteiger charge is -2.09. The van der Waals surface area contributed by atoms with Crippen LogP contribution in [0.1, 0.15) is 26.7 Å². The number of rotatable bonds is 5. The zero-order valence-corrected chi connectivity index (χ0v) is 6.55.